The molecule has 6 heteroatoms. The van der Waals surface area contributed by atoms with Gasteiger partial charge in [0.15, 0.2) is 0 Å². The molecule has 0 aliphatic heterocycles. The Hall–Kier alpha value is -3.28. The highest BCUT2D eigenvalue weighted by Gasteiger charge is 2.13. The number of aromatic nitrogens is 3. The molecule has 2 heterocycles. The van der Waals surface area contributed by atoms with Gasteiger partial charge in [0.1, 0.15) is 17.7 Å². The lowest BCUT2D eigenvalue weighted by Crippen LogP contribution is -2.16. The Labute approximate surface area is 152 Å². The number of anilines is 2. The van der Waals surface area contributed by atoms with Gasteiger partial charge in [0, 0.05) is 30.8 Å². The molecule has 3 rings (SSSR count). The van der Waals surface area contributed by atoms with Crippen molar-refractivity contribution in [3.05, 3.63) is 78.0 Å². The maximum atomic E-state index is 12.6. The predicted molar refractivity (Wildman–Crippen MR) is 102 cm³/mol. The summed E-state index contributed by atoms with van der Waals surface area (Å²) in [5.74, 6) is 0.694. The molecule has 26 heavy (non-hydrogen) atoms. The predicted octanol–water partition coefficient (Wildman–Crippen LogP) is 3.86. The van der Waals surface area contributed by atoms with Crippen LogP contribution in [-0.4, -0.2) is 20.9 Å². The lowest BCUT2D eigenvalue weighted by molar-refractivity contribution is 0.102. The summed E-state index contributed by atoms with van der Waals surface area (Å²) < 4.78 is 0. The number of amides is 1. The minimum Gasteiger partial charge on any atom is -0.365 e. The Morgan fingerprint density at radius 3 is 2.46 bits per heavy atom. The van der Waals surface area contributed by atoms with E-state index >= 15 is 0 Å². The van der Waals surface area contributed by atoms with Crippen LogP contribution in [0.4, 0.5) is 11.5 Å². The van der Waals surface area contributed by atoms with E-state index in [-0.39, 0.29) is 5.91 Å². The molecule has 1 amide bonds. The molecule has 0 atom stereocenters. The Bertz CT molecular complexity index is 863. The summed E-state index contributed by atoms with van der Waals surface area (Å²) in [4.78, 5) is 24.8. The molecule has 0 saturated heterocycles. The summed E-state index contributed by atoms with van der Waals surface area (Å²) in [6.07, 6.45) is 6.39. The molecule has 0 fully saturated rings. The molecule has 0 radical (unpaired) electrons. The molecule has 1 aromatic carbocycles. The SMILES string of the molecule is CC(C)c1ccc(NC(=O)c2cncnc2NCc2ccncc2)cc1. The zero-order valence-corrected chi connectivity index (χ0v) is 14.8. The van der Waals surface area contributed by atoms with Gasteiger partial charge in [-0.05, 0) is 41.3 Å². The fourth-order valence-electron chi connectivity index (χ4n) is 2.47. The van der Waals surface area contributed by atoms with E-state index in [2.05, 4.69) is 39.4 Å². The van der Waals surface area contributed by atoms with Gasteiger partial charge in [-0.1, -0.05) is 26.0 Å². The fourth-order valence-corrected chi connectivity index (χ4v) is 2.47. The third kappa shape index (κ3) is 4.42. The average molecular weight is 347 g/mol. The summed E-state index contributed by atoms with van der Waals surface area (Å²) in [5.41, 5.74) is 3.41. The number of pyridine rings is 1. The summed E-state index contributed by atoms with van der Waals surface area (Å²) in [6, 6.07) is 11.7. The molecule has 0 bridgehead atoms. The number of hydrogen-bond donors (Lipinski definition) is 2. The van der Waals surface area contributed by atoms with E-state index in [0.717, 1.165) is 11.3 Å². The molecular formula is C20H21N5O. The zero-order chi connectivity index (χ0) is 18.4. The summed E-state index contributed by atoms with van der Waals surface area (Å²) >= 11 is 0. The second kappa shape index (κ2) is 8.20. The van der Waals surface area contributed by atoms with Gasteiger partial charge in [-0.25, -0.2) is 9.97 Å². The monoisotopic (exact) mass is 347 g/mol. The van der Waals surface area contributed by atoms with E-state index in [0.29, 0.717) is 23.8 Å². The maximum absolute atomic E-state index is 12.6. The second-order valence-corrected chi connectivity index (χ2v) is 6.22. The largest absolute Gasteiger partial charge is 0.365 e. The molecule has 0 aliphatic rings. The van der Waals surface area contributed by atoms with E-state index in [4.69, 9.17) is 0 Å². The van der Waals surface area contributed by atoms with Crippen molar-refractivity contribution in [3.8, 4) is 0 Å². The number of benzene rings is 1. The first kappa shape index (κ1) is 17.5. The van der Waals surface area contributed by atoms with E-state index in [1.165, 1.54) is 18.1 Å². The van der Waals surface area contributed by atoms with E-state index < -0.39 is 0 Å². The van der Waals surface area contributed by atoms with Crippen molar-refractivity contribution >= 4 is 17.4 Å². The van der Waals surface area contributed by atoms with E-state index in [1.807, 2.05) is 36.4 Å². The number of nitrogens with zero attached hydrogens (tertiary/aromatic N) is 3. The van der Waals surface area contributed by atoms with E-state index in [9.17, 15) is 4.79 Å². The molecule has 0 spiro atoms. The normalized spacial score (nSPS) is 10.6. The number of nitrogens with one attached hydrogen (secondary N) is 2. The van der Waals surface area contributed by atoms with Gasteiger partial charge in [-0.3, -0.25) is 9.78 Å². The lowest BCUT2D eigenvalue weighted by atomic mass is 10.0. The summed E-state index contributed by atoms with van der Waals surface area (Å²) in [7, 11) is 0. The van der Waals surface area contributed by atoms with Crippen LogP contribution < -0.4 is 10.6 Å². The molecule has 0 aliphatic carbocycles. The molecule has 132 valence electrons. The third-order valence-electron chi connectivity index (χ3n) is 4.00. The summed E-state index contributed by atoms with van der Waals surface area (Å²) in [6.45, 7) is 4.81. The Morgan fingerprint density at radius 1 is 1.04 bits per heavy atom. The number of rotatable bonds is 6. The molecule has 0 unspecified atom stereocenters. The van der Waals surface area contributed by atoms with Gasteiger partial charge >= 0.3 is 0 Å². The first-order valence-corrected chi connectivity index (χ1v) is 8.47. The quantitative estimate of drug-likeness (QED) is 0.708. The number of carbonyl (C=O) groups excluding carboxylic acids is 1. The maximum Gasteiger partial charge on any atom is 0.260 e. The first-order chi connectivity index (χ1) is 12.6. The minimum absolute atomic E-state index is 0.250. The van der Waals surface area contributed by atoms with Crippen molar-refractivity contribution in [2.24, 2.45) is 0 Å². The minimum atomic E-state index is -0.250. The molecule has 2 aromatic heterocycles. The summed E-state index contributed by atoms with van der Waals surface area (Å²) in [5, 5.41) is 6.07. The third-order valence-corrected chi connectivity index (χ3v) is 4.00. The Kier molecular flexibility index (Phi) is 5.53. The molecule has 3 aromatic rings. The van der Waals surface area contributed by atoms with Gasteiger partial charge in [-0.2, -0.15) is 0 Å². The van der Waals surface area contributed by atoms with Gasteiger partial charge in [0.2, 0.25) is 0 Å². The molecule has 0 saturated carbocycles. The van der Waals surface area contributed by atoms with Crippen LogP contribution in [0.2, 0.25) is 0 Å². The van der Waals surface area contributed by atoms with Crippen molar-refractivity contribution in [1.29, 1.82) is 0 Å². The highest BCUT2D eigenvalue weighted by Crippen LogP contribution is 2.19. The smallest absolute Gasteiger partial charge is 0.260 e. The Balaban J connectivity index is 1.71. The van der Waals surface area contributed by atoms with Gasteiger partial charge in [-0.15, -0.1) is 0 Å². The second-order valence-electron chi connectivity index (χ2n) is 6.22. The van der Waals surface area contributed by atoms with Crippen molar-refractivity contribution in [2.45, 2.75) is 26.3 Å². The van der Waals surface area contributed by atoms with Crippen molar-refractivity contribution in [1.82, 2.24) is 15.0 Å². The lowest BCUT2D eigenvalue weighted by Gasteiger charge is -2.11. The average Bonchev–Trinajstić information content (AvgIpc) is 2.68. The van der Waals surface area contributed by atoms with Crippen molar-refractivity contribution in [3.63, 3.8) is 0 Å². The molecule has 2 N–H and O–H groups in total. The highest BCUT2D eigenvalue weighted by molar-refractivity contribution is 6.07. The molecule has 6 nitrogen and oxygen atoms in total. The topological polar surface area (TPSA) is 79.8 Å². The van der Waals surface area contributed by atoms with Gasteiger partial charge in [0.05, 0.1) is 0 Å². The van der Waals surface area contributed by atoms with Crippen molar-refractivity contribution < 1.29 is 4.79 Å². The van der Waals surface area contributed by atoms with Crippen LogP contribution >= 0.6 is 0 Å². The van der Waals surface area contributed by atoms with Crippen LogP contribution in [0, 0.1) is 0 Å². The van der Waals surface area contributed by atoms with Crippen LogP contribution in [0.1, 0.15) is 41.3 Å². The van der Waals surface area contributed by atoms with E-state index in [1.54, 1.807) is 12.4 Å². The zero-order valence-electron chi connectivity index (χ0n) is 14.8. The van der Waals surface area contributed by atoms with Crippen LogP contribution in [-0.2, 0) is 6.54 Å². The van der Waals surface area contributed by atoms with Crippen LogP contribution in [0.5, 0.6) is 0 Å². The van der Waals surface area contributed by atoms with Crippen LogP contribution in [0.15, 0.2) is 61.3 Å². The van der Waals surface area contributed by atoms with Crippen LogP contribution in [0.3, 0.4) is 0 Å². The number of hydrogen-bond acceptors (Lipinski definition) is 5. The highest BCUT2D eigenvalue weighted by atomic mass is 16.1. The van der Waals surface area contributed by atoms with Gasteiger partial charge in [0.25, 0.3) is 5.91 Å². The first-order valence-electron chi connectivity index (χ1n) is 8.47. The van der Waals surface area contributed by atoms with Crippen molar-refractivity contribution in [2.75, 3.05) is 10.6 Å². The fraction of sp³-hybridized carbons (Fsp3) is 0.200. The Morgan fingerprint density at radius 2 is 1.77 bits per heavy atom. The standard InChI is InChI=1S/C20H21N5O/c1-14(2)16-3-5-17(6-4-16)25-20(26)18-12-22-13-24-19(18)23-11-15-7-9-21-10-8-15/h3-10,12-14H,11H2,1-2H3,(H,25,26)(H,22,23,24). The van der Waals surface area contributed by atoms with Crippen LogP contribution in [0.25, 0.3) is 0 Å². The number of carbonyl (C=O) groups is 1. The van der Waals surface area contributed by atoms with Gasteiger partial charge < -0.3 is 10.6 Å². The molecular weight excluding hydrogens is 326 g/mol.